The zero-order chi connectivity index (χ0) is 36.1. The van der Waals surface area contributed by atoms with Crippen LogP contribution in [0.4, 0.5) is 26.3 Å². The van der Waals surface area contributed by atoms with Gasteiger partial charge in [-0.2, -0.15) is 57.9 Å². The van der Waals surface area contributed by atoms with Gasteiger partial charge in [-0.1, -0.05) is 36.4 Å². The van der Waals surface area contributed by atoms with E-state index in [2.05, 4.69) is 0 Å². The number of nitriles is 6. The Hall–Kier alpha value is -7.12. The van der Waals surface area contributed by atoms with E-state index in [0.717, 1.165) is 24.3 Å². The highest BCUT2D eigenvalue weighted by molar-refractivity contribution is 6.17. The molecule has 0 aromatic heterocycles. The maximum absolute atomic E-state index is 13.8. The van der Waals surface area contributed by atoms with E-state index in [1.54, 1.807) is 18.2 Å². The minimum atomic E-state index is -4.84. The molecule has 0 N–H and O–H groups in total. The average Bonchev–Trinajstić information content (AvgIpc) is 3.60. The van der Waals surface area contributed by atoms with Crippen molar-refractivity contribution in [2.45, 2.75) is 24.7 Å². The molecule has 3 aliphatic rings. The minimum absolute atomic E-state index is 0.0843. The van der Waals surface area contributed by atoms with E-state index in [1.807, 2.05) is 24.3 Å². The molecule has 0 saturated carbocycles. The van der Waals surface area contributed by atoms with Crippen molar-refractivity contribution in [1.82, 2.24) is 0 Å². The van der Waals surface area contributed by atoms with Crippen LogP contribution in [0.3, 0.4) is 0 Å². The standard InChI is InChI=1S/C38H14F6N6/c39-37(40,41)31-11-21(1-3-23(31)13-45)19-5-7-27-29(9-19)35-34(26(17-49)18-50)28-8-6-20(10-30(28)36(35)33(27)25(15-47)16-48)22-2-4-24(14-46)32(12-22)38(42,43)44/h1-5,7-12,20H,6H2. The first-order valence-electron chi connectivity index (χ1n) is 14.5. The van der Waals surface area contributed by atoms with Crippen LogP contribution >= 0.6 is 0 Å². The molecule has 0 radical (unpaired) electrons. The minimum Gasteiger partial charge on any atom is -0.192 e. The van der Waals surface area contributed by atoms with Gasteiger partial charge in [0.1, 0.15) is 35.4 Å². The molecule has 3 aromatic rings. The molecule has 0 heterocycles. The molecule has 12 heteroatoms. The molecule has 1 unspecified atom stereocenters. The average molecular weight is 669 g/mol. The fourth-order valence-electron chi connectivity index (χ4n) is 6.58. The van der Waals surface area contributed by atoms with Crippen molar-refractivity contribution >= 4 is 11.1 Å². The van der Waals surface area contributed by atoms with Crippen molar-refractivity contribution < 1.29 is 26.3 Å². The number of benzene rings is 3. The first-order chi connectivity index (χ1) is 23.8. The summed E-state index contributed by atoms with van der Waals surface area (Å²) in [5, 5.41) is 58.5. The lowest BCUT2D eigenvalue weighted by molar-refractivity contribution is -0.138. The molecule has 0 bridgehead atoms. The Morgan fingerprint density at radius 2 is 1.12 bits per heavy atom. The fourth-order valence-corrected chi connectivity index (χ4v) is 6.58. The SMILES string of the molecule is N#CC(C#N)=C1C2=CCC(c3ccc(C#N)c(C(F)(F)F)c3)C=C2C2=C1c1cc(-c3ccc(C#N)c(C(F)(F)F)c3)ccc1C2=C(C#N)C#N. The Balaban J connectivity index is 1.63. The van der Waals surface area contributed by atoms with Crippen LogP contribution in [0.1, 0.15) is 51.3 Å². The van der Waals surface area contributed by atoms with Crippen LogP contribution < -0.4 is 0 Å². The van der Waals surface area contributed by atoms with E-state index in [1.165, 1.54) is 36.4 Å². The Morgan fingerprint density at radius 1 is 0.580 bits per heavy atom. The van der Waals surface area contributed by atoms with E-state index in [9.17, 15) is 57.9 Å². The second-order valence-electron chi connectivity index (χ2n) is 11.3. The first kappa shape index (κ1) is 32.8. The summed E-state index contributed by atoms with van der Waals surface area (Å²) in [6.45, 7) is 0. The van der Waals surface area contributed by atoms with Crippen LogP contribution in [-0.4, -0.2) is 0 Å². The number of hydrogen-bond donors (Lipinski definition) is 0. The number of rotatable bonds is 2. The predicted octanol–water partition coefficient (Wildman–Crippen LogP) is 9.10. The Bertz CT molecular complexity index is 2470. The molecule has 0 saturated heterocycles. The lowest BCUT2D eigenvalue weighted by atomic mass is 9.80. The summed E-state index contributed by atoms with van der Waals surface area (Å²) in [6.07, 6.45) is -6.27. The van der Waals surface area contributed by atoms with Crippen molar-refractivity contribution in [2.24, 2.45) is 0 Å². The molecule has 0 spiro atoms. The summed E-state index contributed by atoms with van der Waals surface area (Å²) in [5.41, 5.74) is -1.42. The van der Waals surface area contributed by atoms with Gasteiger partial charge in [-0.25, -0.2) is 0 Å². The highest BCUT2D eigenvalue weighted by atomic mass is 19.4. The quantitative estimate of drug-likeness (QED) is 0.197. The number of allylic oxidation sites excluding steroid dienone is 10. The molecule has 6 nitrogen and oxygen atoms in total. The van der Waals surface area contributed by atoms with Gasteiger partial charge in [-0.05, 0) is 75.7 Å². The topological polar surface area (TPSA) is 143 Å². The number of halogens is 6. The van der Waals surface area contributed by atoms with Gasteiger partial charge in [-0.3, -0.25) is 0 Å². The second kappa shape index (κ2) is 11.8. The van der Waals surface area contributed by atoms with E-state index >= 15 is 0 Å². The zero-order valence-corrected chi connectivity index (χ0v) is 25.1. The molecule has 1 atom stereocenters. The maximum Gasteiger partial charge on any atom is 0.417 e. The van der Waals surface area contributed by atoms with Gasteiger partial charge in [0.25, 0.3) is 0 Å². The van der Waals surface area contributed by atoms with Crippen LogP contribution in [0.2, 0.25) is 0 Å². The van der Waals surface area contributed by atoms with Crippen molar-refractivity contribution in [2.75, 3.05) is 0 Å². The van der Waals surface area contributed by atoms with Crippen LogP contribution in [0, 0.1) is 68.0 Å². The van der Waals surface area contributed by atoms with Crippen LogP contribution in [0.5, 0.6) is 0 Å². The normalized spacial score (nSPS) is 15.9. The highest BCUT2D eigenvalue weighted by Crippen LogP contribution is 2.60. The predicted molar refractivity (Wildman–Crippen MR) is 165 cm³/mol. The summed E-state index contributed by atoms with van der Waals surface area (Å²) in [7, 11) is 0. The van der Waals surface area contributed by atoms with Crippen LogP contribution in [0.15, 0.2) is 100 Å². The monoisotopic (exact) mass is 668 g/mol. The van der Waals surface area contributed by atoms with Gasteiger partial charge in [0.2, 0.25) is 0 Å². The van der Waals surface area contributed by atoms with Crippen LogP contribution in [0.25, 0.3) is 22.3 Å². The zero-order valence-electron chi connectivity index (χ0n) is 25.1. The largest absolute Gasteiger partial charge is 0.417 e. The maximum atomic E-state index is 13.8. The number of alkyl halides is 6. The molecule has 0 amide bonds. The van der Waals surface area contributed by atoms with Crippen molar-refractivity contribution in [1.29, 1.82) is 31.6 Å². The summed E-state index contributed by atoms with van der Waals surface area (Å²) in [6, 6.07) is 21.5. The fraction of sp³-hybridized carbons (Fsp3) is 0.105. The number of fused-ring (bicyclic) bond motifs is 4. The molecular formula is C38H14F6N6. The van der Waals surface area contributed by atoms with E-state index in [4.69, 9.17) is 0 Å². The summed E-state index contributed by atoms with van der Waals surface area (Å²) in [5.74, 6) is -0.698. The summed E-state index contributed by atoms with van der Waals surface area (Å²) in [4.78, 5) is 0. The Kier molecular flexibility index (Phi) is 7.77. The number of nitrogens with zero attached hydrogens (tertiary/aromatic N) is 6. The first-order valence-corrected chi connectivity index (χ1v) is 14.5. The Morgan fingerprint density at radius 3 is 1.70 bits per heavy atom. The summed E-state index contributed by atoms with van der Waals surface area (Å²) >= 11 is 0. The number of hydrogen-bond acceptors (Lipinski definition) is 6. The Labute approximate surface area is 280 Å². The van der Waals surface area contributed by atoms with Gasteiger partial charge < -0.3 is 0 Å². The van der Waals surface area contributed by atoms with E-state index in [0.29, 0.717) is 22.3 Å². The van der Waals surface area contributed by atoms with E-state index in [-0.39, 0.29) is 56.5 Å². The van der Waals surface area contributed by atoms with Crippen molar-refractivity contribution in [3.63, 3.8) is 0 Å². The molecular weight excluding hydrogens is 654 g/mol. The molecule has 3 aromatic carbocycles. The molecule has 0 fully saturated rings. The smallest absolute Gasteiger partial charge is 0.192 e. The van der Waals surface area contributed by atoms with Gasteiger partial charge in [0, 0.05) is 28.2 Å². The molecule has 6 rings (SSSR count). The molecule has 0 aliphatic heterocycles. The van der Waals surface area contributed by atoms with Crippen LogP contribution in [-0.2, 0) is 12.4 Å². The third-order valence-electron chi connectivity index (χ3n) is 8.70. The van der Waals surface area contributed by atoms with Crippen molar-refractivity contribution in [3.05, 3.63) is 139 Å². The van der Waals surface area contributed by atoms with Gasteiger partial charge in [0.05, 0.1) is 34.4 Å². The molecule has 238 valence electrons. The lowest BCUT2D eigenvalue weighted by Crippen LogP contribution is -2.11. The lowest BCUT2D eigenvalue weighted by Gasteiger charge is -2.23. The van der Waals surface area contributed by atoms with Gasteiger partial charge in [-0.15, -0.1) is 0 Å². The second-order valence-corrected chi connectivity index (χ2v) is 11.3. The third kappa shape index (κ3) is 5.10. The van der Waals surface area contributed by atoms with Crippen molar-refractivity contribution in [3.8, 4) is 47.5 Å². The highest BCUT2D eigenvalue weighted by Gasteiger charge is 2.43. The molecule has 50 heavy (non-hydrogen) atoms. The molecule has 3 aliphatic carbocycles. The van der Waals surface area contributed by atoms with E-state index < -0.39 is 40.5 Å². The van der Waals surface area contributed by atoms with Gasteiger partial charge >= 0.3 is 12.4 Å². The van der Waals surface area contributed by atoms with Gasteiger partial charge in [0.15, 0.2) is 0 Å². The third-order valence-corrected chi connectivity index (χ3v) is 8.70. The summed E-state index contributed by atoms with van der Waals surface area (Å²) < 4.78 is 83.0.